The number of benzene rings is 1. The number of imidazole rings is 1. The number of nitrogens with zero attached hydrogens (tertiary/aromatic N) is 4. The third-order valence-electron chi connectivity index (χ3n) is 3.46. The van der Waals surface area contributed by atoms with E-state index in [1.54, 1.807) is 4.68 Å². The molecule has 6 nitrogen and oxygen atoms in total. The first-order chi connectivity index (χ1) is 10.1. The number of hydrogen-bond acceptors (Lipinski definition) is 3. The number of hydrogen-bond donors (Lipinski definition) is 1. The Kier molecular flexibility index (Phi) is 3.21. The molecule has 108 valence electrons. The van der Waals surface area contributed by atoms with E-state index in [2.05, 4.69) is 10.1 Å². The van der Waals surface area contributed by atoms with Gasteiger partial charge in [0.2, 0.25) is 0 Å². The first-order valence-corrected chi connectivity index (χ1v) is 6.74. The van der Waals surface area contributed by atoms with Gasteiger partial charge < -0.3 is 9.67 Å². The molecule has 0 aliphatic rings. The van der Waals surface area contributed by atoms with Gasteiger partial charge in [-0.3, -0.25) is 9.48 Å². The van der Waals surface area contributed by atoms with E-state index in [1.165, 1.54) is 0 Å². The van der Waals surface area contributed by atoms with Gasteiger partial charge in [0.25, 0.3) is 0 Å². The second kappa shape index (κ2) is 5.05. The van der Waals surface area contributed by atoms with Crippen molar-refractivity contribution in [3.63, 3.8) is 0 Å². The van der Waals surface area contributed by atoms with Crippen LogP contribution in [0.3, 0.4) is 0 Å². The van der Waals surface area contributed by atoms with Crippen LogP contribution >= 0.6 is 0 Å². The van der Waals surface area contributed by atoms with Crippen molar-refractivity contribution in [3.05, 3.63) is 36.2 Å². The molecule has 0 saturated carbocycles. The molecule has 1 aromatic carbocycles. The summed E-state index contributed by atoms with van der Waals surface area (Å²) in [6.07, 6.45) is 1.97. The van der Waals surface area contributed by atoms with Gasteiger partial charge >= 0.3 is 5.97 Å². The van der Waals surface area contributed by atoms with Crippen LogP contribution in [0, 0.1) is 6.92 Å². The molecule has 0 fully saturated rings. The van der Waals surface area contributed by atoms with Crippen LogP contribution in [-0.2, 0) is 18.4 Å². The van der Waals surface area contributed by atoms with Crippen LogP contribution in [0.25, 0.3) is 22.4 Å². The van der Waals surface area contributed by atoms with Gasteiger partial charge in [0.05, 0.1) is 28.7 Å². The second-order valence-corrected chi connectivity index (χ2v) is 5.02. The number of aliphatic carboxylic acids is 1. The lowest BCUT2D eigenvalue weighted by molar-refractivity contribution is -0.137. The van der Waals surface area contributed by atoms with Crippen molar-refractivity contribution in [2.45, 2.75) is 19.9 Å². The number of carboxylic acid groups (broad SMARTS) is 1. The molecule has 0 amide bonds. The molecule has 3 aromatic rings. The Morgan fingerprint density at radius 3 is 2.76 bits per heavy atom. The Morgan fingerprint density at radius 1 is 1.33 bits per heavy atom. The minimum atomic E-state index is -0.818. The molecule has 2 aromatic heterocycles. The smallest absolute Gasteiger partial charge is 0.305 e. The minimum Gasteiger partial charge on any atom is -0.481 e. The molecule has 6 heteroatoms. The van der Waals surface area contributed by atoms with E-state index in [0.29, 0.717) is 6.54 Å². The van der Waals surface area contributed by atoms with E-state index < -0.39 is 5.97 Å². The van der Waals surface area contributed by atoms with Crippen LogP contribution in [0.5, 0.6) is 0 Å². The zero-order chi connectivity index (χ0) is 15.0. The lowest BCUT2D eigenvalue weighted by Gasteiger charge is -2.06. The van der Waals surface area contributed by atoms with Crippen LogP contribution in [0.1, 0.15) is 12.1 Å². The monoisotopic (exact) mass is 284 g/mol. The number of fused-ring (bicyclic) bond motifs is 1. The second-order valence-electron chi connectivity index (χ2n) is 5.02. The standard InChI is InChI=1S/C15H16N4O2/c1-10-11(9-18(2)17-10)15-16-12-5-3-4-6-13(12)19(15)8-7-14(20)21/h3-6,9H,7-8H2,1-2H3,(H,20,21). The molecule has 0 radical (unpaired) electrons. The first kappa shape index (κ1) is 13.4. The Bertz CT molecular complexity index is 816. The lowest BCUT2D eigenvalue weighted by atomic mass is 10.2. The van der Waals surface area contributed by atoms with Crippen molar-refractivity contribution >= 4 is 17.0 Å². The molecule has 0 aliphatic heterocycles. The lowest BCUT2D eigenvalue weighted by Crippen LogP contribution is -2.06. The zero-order valence-electron chi connectivity index (χ0n) is 11.9. The largest absolute Gasteiger partial charge is 0.481 e. The van der Waals surface area contributed by atoms with Gasteiger partial charge in [-0.2, -0.15) is 5.10 Å². The van der Waals surface area contributed by atoms with Crippen molar-refractivity contribution in [2.24, 2.45) is 7.05 Å². The molecule has 3 rings (SSSR count). The predicted octanol–water partition coefficient (Wildman–Crippen LogP) is 2.22. The average Bonchev–Trinajstić information content (AvgIpc) is 2.96. The number of aryl methyl sites for hydroxylation is 3. The highest BCUT2D eigenvalue weighted by atomic mass is 16.4. The number of aromatic nitrogens is 4. The summed E-state index contributed by atoms with van der Waals surface area (Å²) in [7, 11) is 1.86. The van der Waals surface area contributed by atoms with Gasteiger partial charge in [-0.15, -0.1) is 0 Å². The van der Waals surface area contributed by atoms with E-state index in [4.69, 9.17) is 5.11 Å². The number of carbonyl (C=O) groups is 1. The average molecular weight is 284 g/mol. The maximum Gasteiger partial charge on any atom is 0.305 e. The topological polar surface area (TPSA) is 72.9 Å². The van der Waals surface area contributed by atoms with Crippen LogP contribution in [-0.4, -0.2) is 30.4 Å². The van der Waals surface area contributed by atoms with E-state index in [-0.39, 0.29) is 6.42 Å². The van der Waals surface area contributed by atoms with Gasteiger partial charge in [0, 0.05) is 19.8 Å². The van der Waals surface area contributed by atoms with Gasteiger partial charge in [-0.25, -0.2) is 4.98 Å². The maximum absolute atomic E-state index is 10.9. The molecule has 0 bridgehead atoms. The summed E-state index contributed by atoms with van der Waals surface area (Å²) < 4.78 is 3.69. The summed E-state index contributed by atoms with van der Waals surface area (Å²) in [5, 5.41) is 13.3. The van der Waals surface area contributed by atoms with Crippen molar-refractivity contribution in [3.8, 4) is 11.4 Å². The van der Waals surface area contributed by atoms with Crippen LogP contribution in [0.4, 0.5) is 0 Å². The highest BCUT2D eigenvalue weighted by Gasteiger charge is 2.16. The van der Waals surface area contributed by atoms with Gasteiger partial charge in [0.1, 0.15) is 5.82 Å². The fourth-order valence-electron chi connectivity index (χ4n) is 2.53. The quantitative estimate of drug-likeness (QED) is 0.797. The van der Waals surface area contributed by atoms with Crippen molar-refractivity contribution in [2.75, 3.05) is 0 Å². The summed E-state index contributed by atoms with van der Waals surface area (Å²) in [4.78, 5) is 15.6. The molecule has 0 unspecified atom stereocenters. The molecular weight excluding hydrogens is 268 g/mol. The third-order valence-corrected chi connectivity index (χ3v) is 3.46. The van der Waals surface area contributed by atoms with Crippen LogP contribution < -0.4 is 0 Å². The molecule has 0 atom stereocenters. The van der Waals surface area contributed by atoms with E-state index >= 15 is 0 Å². The fraction of sp³-hybridized carbons (Fsp3) is 0.267. The first-order valence-electron chi connectivity index (χ1n) is 6.74. The SMILES string of the molecule is Cc1nn(C)cc1-c1nc2ccccc2n1CCC(=O)O. The normalized spacial score (nSPS) is 11.1. The van der Waals surface area contributed by atoms with E-state index in [0.717, 1.165) is 28.1 Å². The van der Waals surface area contributed by atoms with Crippen molar-refractivity contribution < 1.29 is 9.90 Å². The van der Waals surface area contributed by atoms with Crippen molar-refractivity contribution in [1.29, 1.82) is 0 Å². The number of rotatable bonds is 4. The minimum absolute atomic E-state index is 0.0622. The van der Waals surface area contributed by atoms with Gasteiger partial charge in [-0.1, -0.05) is 12.1 Å². The molecule has 0 aliphatic carbocycles. The molecule has 0 spiro atoms. The number of carboxylic acids is 1. The summed E-state index contributed by atoms with van der Waals surface area (Å²) in [5.41, 5.74) is 3.61. The summed E-state index contributed by atoms with van der Waals surface area (Å²) in [6.45, 7) is 2.32. The summed E-state index contributed by atoms with van der Waals surface area (Å²) in [6, 6.07) is 7.75. The highest BCUT2D eigenvalue weighted by molar-refractivity contribution is 5.81. The maximum atomic E-state index is 10.9. The van der Waals surface area contributed by atoms with Crippen LogP contribution in [0.2, 0.25) is 0 Å². The van der Waals surface area contributed by atoms with Gasteiger partial charge in [-0.05, 0) is 19.1 Å². The fourth-order valence-corrected chi connectivity index (χ4v) is 2.53. The summed E-state index contributed by atoms with van der Waals surface area (Å²) >= 11 is 0. The Hall–Kier alpha value is -2.63. The highest BCUT2D eigenvalue weighted by Crippen LogP contribution is 2.26. The van der Waals surface area contributed by atoms with Gasteiger partial charge in [0.15, 0.2) is 0 Å². The van der Waals surface area contributed by atoms with E-state index in [1.807, 2.05) is 49.0 Å². The number of para-hydroxylation sites is 2. The van der Waals surface area contributed by atoms with Crippen LogP contribution in [0.15, 0.2) is 30.5 Å². The Labute approximate surface area is 121 Å². The van der Waals surface area contributed by atoms with Crippen molar-refractivity contribution in [1.82, 2.24) is 19.3 Å². The molecule has 0 saturated heterocycles. The molecular formula is C15H16N4O2. The van der Waals surface area contributed by atoms with E-state index in [9.17, 15) is 4.79 Å². The Morgan fingerprint density at radius 2 is 2.10 bits per heavy atom. The molecule has 21 heavy (non-hydrogen) atoms. The Balaban J connectivity index is 2.18. The summed E-state index contributed by atoms with van der Waals surface area (Å²) in [5.74, 6) is -0.0512. The molecule has 2 heterocycles. The third kappa shape index (κ3) is 2.40. The molecule has 1 N–H and O–H groups in total. The predicted molar refractivity (Wildman–Crippen MR) is 78.9 cm³/mol. The zero-order valence-corrected chi connectivity index (χ0v) is 11.9.